The van der Waals surface area contributed by atoms with Gasteiger partial charge in [-0.25, -0.2) is 14.6 Å². The van der Waals surface area contributed by atoms with Crippen LogP contribution in [0.4, 0.5) is 10.6 Å². The second-order valence-corrected chi connectivity index (χ2v) is 5.97. The molecule has 7 nitrogen and oxygen atoms in total. The molecule has 1 unspecified atom stereocenters. The third kappa shape index (κ3) is 3.46. The van der Waals surface area contributed by atoms with Crippen LogP contribution in [0.3, 0.4) is 0 Å². The summed E-state index contributed by atoms with van der Waals surface area (Å²) in [7, 11) is 0. The Kier molecular flexibility index (Phi) is 4.37. The maximum atomic E-state index is 11.4. The number of urea groups is 1. The van der Waals surface area contributed by atoms with Crippen molar-refractivity contribution in [2.75, 3.05) is 11.9 Å². The topological polar surface area (TPSA) is 103 Å². The molecule has 2 rings (SSSR count). The SMILES string of the molecule is CCNC(=O)Nc1ccc(C2(C)NC=C(C(=O)O)S2)cn1. The Hall–Kier alpha value is -2.22. The van der Waals surface area contributed by atoms with E-state index in [1.54, 1.807) is 18.3 Å². The number of anilines is 1. The molecule has 2 amide bonds. The van der Waals surface area contributed by atoms with Crippen LogP contribution in [0.5, 0.6) is 0 Å². The van der Waals surface area contributed by atoms with E-state index in [1.807, 2.05) is 13.8 Å². The summed E-state index contributed by atoms with van der Waals surface area (Å²) < 4.78 is 0. The van der Waals surface area contributed by atoms with Crippen LogP contribution in [0.15, 0.2) is 29.4 Å². The molecule has 2 heterocycles. The first-order valence-corrected chi connectivity index (χ1v) is 7.18. The standard InChI is InChI=1S/C13H16N4O3S/c1-3-14-12(20)17-10-5-4-8(6-15-10)13(2)16-7-9(21-13)11(18)19/h4-7,16H,3H2,1-2H3,(H,18,19)(H2,14,15,17,20). The van der Waals surface area contributed by atoms with Gasteiger partial charge in [-0.2, -0.15) is 0 Å². The van der Waals surface area contributed by atoms with Crippen molar-refractivity contribution in [3.63, 3.8) is 0 Å². The number of aromatic nitrogens is 1. The van der Waals surface area contributed by atoms with Crippen molar-refractivity contribution in [1.29, 1.82) is 0 Å². The summed E-state index contributed by atoms with van der Waals surface area (Å²) in [6, 6.07) is 3.16. The van der Waals surface area contributed by atoms with Gasteiger partial charge in [0.2, 0.25) is 0 Å². The molecule has 1 aromatic heterocycles. The number of hydrogen-bond donors (Lipinski definition) is 4. The van der Waals surface area contributed by atoms with Crippen LogP contribution in [-0.4, -0.2) is 28.6 Å². The van der Waals surface area contributed by atoms with Gasteiger partial charge in [-0.1, -0.05) is 17.8 Å². The lowest BCUT2D eigenvalue weighted by atomic mass is 10.1. The summed E-state index contributed by atoms with van der Waals surface area (Å²) in [5.74, 6) is -0.526. The van der Waals surface area contributed by atoms with Gasteiger partial charge in [0.05, 0.1) is 0 Å². The number of carbonyl (C=O) groups is 2. The summed E-state index contributed by atoms with van der Waals surface area (Å²) in [5.41, 5.74) is 0.821. The molecular weight excluding hydrogens is 292 g/mol. The molecule has 1 aliphatic heterocycles. The molecule has 0 aromatic carbocycles. The molecule has 1 atom stereocenters. The molecule has 0 saturated carbocycles. The summed E-state index contributed by atoms with van der Waals surface area (Å²) in [6.07, 6.45) is 3.09. The van der Waals surface area contributed by atoms with Gasteiger partial charge in [-0.15, -0.1) is 0 Å². The number of rotatable bonds is 4. The fourth-order valence-corrected chi connectivity index (χ4v) is 2.80. The van der Waals surface area contributed by atoms with Crippen molar-refractivity contribution in [3.8, 4) is 0 Å². The average molecular weight is 308 g/mol. The molecule has 4 N–H and O–H groups in total. The molecule has 21 heavy (non-hydrogen) atoms. The predicted octanol–water partition coefficient (Wildman–Crippen LogP) is 1.66. The number of carbonyl (C=O) groups excluding carboxylic acids is 1. The number of hydrogen-bond acceptors (Lipinski definition) is 5. The van der Waals surface area contributed by atoms with Crippen molar-refractivity contribution >= 4 is 29.6 Å². The number of amides is 2. The minimum absolute atomic E-state index is 0.252. The maximum Gasteiger partial charge on any atom is 0.343 e. The maximum absolute atomic E-state index is 11.4. The number of carboxylic acids is 1. The summed E-state index contributed by atoms with van der Waals surface area (Å²) in [6.45, 7) is 4.23. The van der Waals surface area contributed by atoms with Gasteiger partial charge in [0.1, 0.15) is 15.6 Å². The van der Waals surface area contributed by atoms with Crippen LogP contribution in [-0.2, 0) is 9.67 Å². The van der Waals surface area contributed by atoms with Crippen molar-refractivity contribution in [1.82, 2.24) is 15.6 Å². The first kappa shape index (κ1) is 15.2. The second kappa shape index (κ2) is 6.04. The van der Waals surface area contributed by atoms with E-state index in [0.29, 0.717) is 12.4 Å². The van der Waals surface area contributed by atoms with E-state index in [2.05, 4.69) is 20.9 Å². The van der Waals surface area contributed by atoms with E-state index in [1.165, 1.54) is 18.0 Å². The van der Waals surface area contributed by atoms with Crippen LogP contribution in [0.1, 0.15) is 19.4 Å². The minimum Gasteiger partial charge on any atom is -0.477 e. The monoisotopic (exact) mass is 308 g/mol. The number of nitrogens with one attached hydrogen (secondary N) is 3. The van der Waals surface area contributed by atoms with E-state index < -0.39 is 10.8 Å². The van der Waals surface area contributed by atoms with Crippen molar-refractivity contribution in [3.05, 3.63) is 35.0 Å². The minimum atomic E-state index is -0.960. The highest BCUT2D eigenvalue weighted by atomic mass is 32.2. The lowest BCUT2D eigenvalue weighted by Gasteiger charge is -2.24. The van der Waals surface area contributed by atoms with Crippen LogP contribution in [0.2, 0.25) is 0 Å². The third-order valence-corrected chi connectivity index (χ3v) is 4.17. The largest absolute Gasteiger partial charge is 0.477 e. The predicted molar refractivity (Wildman–Crippen MR) is 80.7 cm³/mol. The van der Waals surface area contributed by atoms with Crippen molar-refractivity contribution < 1.29 is 14.7 Å². The number of aliphatic carboxylic acids is 1. The summed E-state index contributed by atoms with van der Waals surface area (Å²) >= 11 is 1.21. The van der Waals surface area contributed by atoms with Crippen LogP contribution >= 0.6 is 11.8 Å². The lowest BCUT2D eigenvalue weighted by Crippen LogP contribution is -2.30. The van der Waals surface area contributed by atoms with Gasteiger partial charge in [0.25, 0.3) is 0 Å². The Labute approximate surface area is 126 Å². The molecule has 112 valence electrons. The highest BCUT2D eigenvalue weighted by Gasteiger charge is 2.35. The Bertz CT molecular complexity index is 588. The van der Waals surface area contributed by atoms with E-state index in [0.717, 1.165) is 5.56 Å². The molecular formula is C13H16N4O3S. The Morgan fingerprint density at radius 3 is 2.76 bits per heavy atom. The highest BCUT2D eigenvalue weighted by Crippen LogP contribution is 2.42. The molecule has 0 fully saturated rings. The summed E-state index contributed by atoms with van der Waals surface area (Å²) in [4.78, 5) is 26.2. The first-order chi connectivity index (χ1) is 9.94. The molecule has 1 aliphatic rings. The lowest BCUT2D eigenvalue weighted by molar-refractivity contribution is -0.131. The molecule has 0 saturated heterocycles. The quantitative estimate of drug-likeness (QED) is 0.674. The first-order valence-electron chi connectivity index (χ1n) is 6.36. The molecule has 0 bridgehead atoms. The van der Waals surface area contributed by atoms with Gasteiger partial charge in [-0.05, 0) is 19.9 Å². The van der Waals surface area contributed by atoms with Crippen LogP contribution < -0.4 is 16.0 Å². The fourth-order valence-electron chi connectivity index (χ4n) is 1.80. The van der Waals surface area contributed by atoms with E-state index >= 15 is 0 Å². The number of carboxylic acid groups (broad SMARTS) is 1. The van der Waals surface area contributed by atoms with Gasteiger partial charge in [-0.3, -0.25) is 5.32 Å². The van der Waals surface area contributed by atoms with Gasteiger partial charge in [0.15, 0.2) is 0 Å². The molecule has 8 heteroatoms. The second-order valence-electron chi connectivity index (χ2n) is 4.51. The number of nitrogens with zero attached hydrogens (tertiary/aromatic N) is 1. The molecule has 0 aliphatic carbocycles. The van der Waals surface area contributed by atoms with Crippen LogP contribution in [0.25, 0.3) is 0 Å². The summed E-state index contributed by atoms with van der Waals surface area (Å²) in [5, 5.41) is 17.2. The zero-order valence-electron chi connectivity index (χ0n) is 11.6. The Morgan fingerprint density at radius 2 is 2.24 bits per heavy atom. The van der Waals surface area contributed by atoms with Gasteiger partial charge < -0.3 is 15.7 Å². The zero-order chi connectivity index (χ0) is 15.5. The number of thioether (sulfide) groups is 1. The van der Waals surface area contributed by atoms with E-state index in [9.17, 15) is 9.59 Å². The highest BCUT2D eigenvalue weighted by molar-refractivity contribution is 8.05. The average Bonchev–Trinajstić information content (AvgIpc) is 2.84. The van der Waals surface area contributed by atoms with Crippen molar-refractivity contribution in [2.24, 2.45) is 0 Å². The molecule has 1 aromatic rings. The van der Waals surface area contributed by atoms with E-state index in [-0.39, 0.29) is 10.9 Å². The van der Waals surface area contributed by atoms with E-state index in [4.69, 9.17) is 5.11 Å². The third-order valence-electron chi connectivity index (χ3n) is 2.90. The van der Waals surface area contributed by atoms with Crippen molar-refractivity contribution in [2.45, 2.75) is 18.7 Å². The number of pyridine rings is 1. The molecule has 0 spiro atoms. The van der Waals surface area contributed by atoms with Gasteiger partial charge >= 0.3 is 12.0 Å². The molecule has 0 radical (unpaired) electrons. The van der Waals surface area contributed by atoms with Gasteiger partial charge in [0, 0.05) is 24.5 Å². The Morgan fingerprint density at radius 1 is 1.48 bits per heavy atom. The Balaban J connectivity index is 2.06. The van der Waals surface area contributed by atoms with Crippen LogP contribution in [0, 0.1) is 0 Å². The zero-order valence-corrected chi connectivity index (χ0v) is 12.5. The fraction of sp³-hybridized carbons (Fsp3) is 0.308. The smallest absolute Gasteiger partial charge is 0.343 e. The normalized spacial score (nSPS) is 20.4.